The number of halogens is 1. The van der Waals surface area contributed by atoms with Crippen LogP contribution >= 0.6 is 11.3 Å². The number of thiazole rings is 1. The van der Waals surface area contributed by atoms with E-state index in [1.165, 1.54) is 16.7 Å². The Morgan fingerprint density at radius 1 is 1.67 bits per heavy atom. The maximum absolute atomic E-state index is 12.8. The molecule has 7 nitrogen and oxygen atoms in total. The molecule has 10 heteroatoms. The van der Waals surface area contributed by atoms with Gasteiger partial charge in [0.1, 0.15) is 5.69 Å². The van der Waals surface area contributed by atoms with E-state index >= 15 is 0 Å². The van der Waals surface area contributed by atoms with Crippen molar-refractivity contribution in [3.63, 3.8) is 0 Å². The summed E-state index contributed by atoms with van der Waals surface area (Å²) < 4.78 is 16.4. The average molecular weight is 272 g/mol. The normalized spacial score (nSPS) is 12.9. The maximum Gasteiger partial charge on any atom is 0.378 e. The molecular formula is C8H6BFN2O5S. The van der Waals surface area contributed by atoms with Crippen LogP contribution in [-0.2, 0) is 19.1 Å². The zero-order valence-electron chi connectivity index (χ0n) is 8.99. The molecule has 18 heavy (non-hydrogen) atoms. The number of oxime groups is 1. The Bertz CT molecular complexity index is 492. The van der Waals surface area contributed by atoms with Crippen LogP contribution in [0.2, 0.25) is 0 Å². The lowest BCUT2D eigenvalue weighted by Crippen LogP contribution is -2.22. The molecule has 1 atom stereocenters. The number of aliphatic carboxylic acids is 1. The molecule has 1 aromatic heterocycles. The first-order valence-electron chi connectivity index (χ1n) is 4.40. The molecule has 0 aliphatic heterocycles. The van der Waals surface area contributed by atoms with Crippen molar-refractivity contribution in [3.05, 3.63) is 16.1 Å². The lowest BCUT2D eigenvalue weighted by atomic mass is 10.3. The summed E-state index contributed by atoms with van der Waals surface area (Å²) >= 11 is 1.18. The minimum atomic E-state index is -2.61. The van der Waals surface area contributed by atoms with E-state index in [4.69, 9.17) is 5.11 Å². The predicted octanol–water partition coefficient (Wildman–Crippen LogP) is 0.179. The zero-order valence-corrected chi connectivity index (χ0v) is 9.81. The SMILES string of the molecule is [B]OC(=O)C(F)O/N=C(\C(=O)O)c1csc(C)n1. The first-order valence-corrected chi connectivity index (χ1v) is 5.28. The highest BCUT2D eigenvalue weighted by molar-refractivity contribution is 7.09. The lowest BCUT2D eigenvalue weighted by Gasteiger charge is -2.04. The molecule has 94 valence electrons. The van der Waals surface area contributed by atoms with Gasteiger partial charge in [0, 0.05) is 5.38 Å². The largest absolute Gasteiger partial charge is 0.539 e. The molecule has 0 aromatic carbocycles. The molecule has 0 aliphatic rings. The Morgan fingerprint density at radius 3 is 2.78 bits per heavy atom. The highest BCUT2D eigenvalue weighted by Crippen LogP contribution is 2.10. The maximum atomic E-state index is 12.8. The third-order valence-electron chi connectivity index (χ3n) is 1.60. The Kier molecular flexibility index (Phi) is 4.78. The smallest absolute Gasteiger partial charge is 0.378 e. The Morgan fingerprint density at radius 2 is 2.33 bits per heavy atom. The highest BCUT2D eigenvalue weighted by atomic mass is 32.1. The number of carbonyl (C=O) groups is 2. The van der Waals surface area contributed by atoms with Crippen molar-refractivity contribution in [1.82, 2.24) is 4.98 Å². The summed E-state index contributed by atoms with van der Waals surface area (Å²) in [6, 6.07) is 0. The Labute approximate surface area is 106 Å². The van der Waals surface area contributed by atoms with Crippen LogP contribution in [-0.4, -0.2) is 42.1 Å². The van der Waals surface area contributed by atoms with Gasteiger partial charge in [-0.05, 0) is 6.92 Å². The molecule has 2 radical (unpaired) electrons. The van der Waals surface area contributed by atoms with E-state index < -0.39 is 24.0 Å². The number of carboxylic acid groups (broad SMARTS) is 1. The van der Waals surface area contributed by atoms with E-state index in [2.05, 4.69) is 27.7 Å². The second-order valence-electron chi connectivity index (χ2n) is 2.86. The van der Waals surface area contributed by atoms with Gasteiger partial charge in [0.05, 0.1) is 5.01 Å². The third kappa shape index (κ3) is 3.52. The average Bonchev–Trinajstić information content (AvgIpc) is 2.74. The van der Waals surface area contributed by atoms with Gasteiger partial charge in [-0.1, -0.05) is 5.16 Å². The minimum absolute atomic E-state index is 0.00156. The van der Waals surface area contributed by atoms with Crippen LogP contribution < -0.4 is 0 Å². The third-order valence-corrected chi connectivity index (χ3v) is 2.38. The molecular weight excluding hydrogens is 266 g/mol. The zero-order chi connectivity index (χ0) is 13.7. The summed E-state index contributed by atoms with van der Waals surface area (Å²) in [5.74, 6) is -3.01. The molecule has 0 saturated carbocycles. The Balaban J connectivity index is 2.86. The number of aryl methyl sites for hydroxylation is 1. The van der Waals surface area contributed by atoms with Gasteiger partial charge >= 0.3 is 26.3 Å². The van der Waals surface area contributed by atoms with Crippen LogP contribution in [0.3, 0.4) is 0 Å². The molecule has 1 aromatic rings. The van der Waals surface area contributed by atoms with Crippen LogP contribution in [0.15, 0.2) is 10.5 Å². The van der Waals surface area contributed by atoms with Gasteiger partial charge in [0.25, 0.3) is 0 Å². The van der Waals surface area contributed by atoms with Crippen LogP contribution in [0, 0.1) is 6.92 Å². The first kappa shape index (κ1) is 14.1. The molecule has 0 saturated heterocycles. The van der Waals surface area contributed by atoms with Gasteiger partial charge in [-0.25, -0.2) is 14.6 Å². The van der Waals surface area contributed by atoms with E-state index in [1.54, 1.807) is 6.92 Å². The van der Waals surface area contributed by atoms with Gasteiger partial charge in [-0.2, -0.15) is 4.39 Å². The fourth-order valence-corrected chi connectivity index (χ4v) is 1.46. The number of alkyl halides is 1. The number of aromatic nitrogens is 1. The number of carbonyl (C=O) groups excluding carboxylic acids is 1. The van der Waals surface area contributed by atoms with E-state index in [-0.39, 0.29) is 5.69 Å². The second kappa shape index (κ2) is 6.10. The van der Waals surface area contributed by atoms with Crippen molar-refractivity contribution >= 4 is 37.0 Å². The van der Waals surface area contributed by atoms with E-state index in [9.17, 15) is 14.0 Å². The molecule has 1 unspecified atom stereocenters. The molecule has 0 bridgehead atoms. The molecule has 1 N–H and O–H groups in total. The first-order chi connectivity index (χ1) is 8.45. The van der Waals surface area contributed by atoms with Crippen molar-refractivity contribution < 1.29 is 28.6 Å². The molecule has 0 spiro atoms. The predicted molar refractivity (Wildman–Crippen MR) is 58.9 cm³/mol. The van der Waals surface area contributed by atoms with Crippen molar-refractivity contribution in [2.24, 2.45) is 5.16 Å². The second-order valence-corrected chi connectivity index (χ2v) is 3.92. The molecule has 1 heterocycles. The van der Waals surface area contributed by atoms with Crippen molar-refractivity contribution in [2.45, 2.75) is 13.3 Å². The van der Waals surface area contributed by atoms with E-state index in [1.807, 2.05) is 0 Å². The fraction of sp³-hybridized carbons (Fsp3) is 0.250. The number of rotatable bonds is 5. The fourth-order valence-electron chi connectivity index (χ4n) is 0.863. The lowest BCUT2D eigenvalue weighted by molar-refractivity contribution is -0.159. The number of nitrogens with zero attached hydrogens (tertiary/aromatic N) is 2. The number of hydrogen-bond acceptors (Lipinski definition) is 7. The van der Waals surface area contributed by atoms with Crippen molar-refractivity contribution in [2.75, 3.05) is 0 Å². The van der Waals surface area contributed by atoms with Crippen LogP contribution in [0.25, 0.3) is 0 Å². The van der Waals surface area contributed by atoms with Crippen LogP contribution in [0.5, 0.6) is 0 Å². The summed E-state index contributed by atoms with van der Waals surface area (Å²) in [6.45, 7) is 1.65. The summed E-state index contributed by atoms with van der Waals surface area (Å²) in [5, 5.41) is 13.8. The molecule has 1 rings (SSSR count). The molecule has 0 fully saturated rings. The molecule has 0 amide bonds. The quantitative estimate of drug-likeness (QED) is 0.466. The van der Waals surface area contributed by atoms with Gasteiger partial charge in [-0.3, -0.25) is 0 Å². The summed E-state index contributed by atoms with van der Waals surface area (Å²) in [7, 11) is 4.41. The standard InChI is InChI=1S/C8H6BFN2O5S/c1-3-11-4(2-18-3)5(7(13)14)12-17-6(10)8(15)16-9/h2,6H,1H3,(H,13,14)/b12-5-. The number of hydrogen-bond donors (Lipinski definition) is 1. The van der Waals surface area contributed by atoms with Gasteiger partial charge in [0.15, 0.2) is 0 Å². The van der Waals surface area contributed by atoms with Crippen molar-refractivity contribution in [3.8, 4) is 0 Å². The van der Waals surface area contributed by atoms with Crippen molar-refractivity contribution in [1.29, 1.82) is 0 Å². The summed E-state index contributed by atoms with van der Waals surface area (Å²) in [6.07, 6.45) is -2.61. The van der Waals surface area contributed by atoms with Gasteiger partial charge in [-0.15, -0.1) is 11.3 Å². The van der Waals surface area contributed by atoms with Crippen LogP contribution in [0.1, 0.15) is 10.7 Å². The monoisotopic (exact) mass is 272 g/mol. The van der Waals surface area contributed by atoms with Gasteiger partial charge < -0.3 is 14.6 Å². The van der Waals surface area contributed by atoms with Crippen LogP contribution in [0.4, 0.5) is 4.39 Å². The topological polar surface area (TPSA) is 98.1 Å². The van der Waals surface area contributed by atoms with E-state index in [0.717, 1.165) is 0 Å². The highest BCUT2D eigenvalue weighted by Gasteiger charge is 2.22. The van der Waals surface area contributed by atoms with E-state index in [0.29, 0.717) is 5.01 Å². The molecule has 0 aliphatic carbocycles. The summed E-state index contributed by atoms with van der Waals surface area (Å²) in [4.78, 5) is 29.3. The summed E-state index contributed by atoms with van der Waals surface area (Å²) in [5.41, 5.74) is -0.634. The minimum Gasteiger partial charge on any atom is -0.539 e. The van der Waals surface area contributed by atoms with Gasteiger partial charge in [0.2, 0.25) is 5.71 Å². The number of carboxylic acids is 1. The Hall–Kier alpha value is -1.97.